The van der Waals surface area contributed by atoms with Gasteiger partial charge in [-0.05, 0) is 75.1 Å². The first-order chi connectivity index (χ1) is 18.4. The van der Waals surface area contributed by atoms with E-state index < -0.39 is 6.04 Å². The highest BCUT2D eigenvalue weighted by Crippen LogP contribution is 2.44. The number of allylic oxidation sites excluding steroid dienone is 1. The largest absolute Gasteiger partial charge is 0.491 e. The summed E-state index contributed by atoms with van der Waals surface area (Å²) in [5.74, 6) is 0.846. The van der Waals surface area contributed by atoms with Gasteiger partial charge in [0.15, 0.2) is 11.2 Å². The van der Waals surface area contributed by atoms with Gasteiger partial charge in [-0.2, -0.15) is 0 Å². The highest BCUT2D eigenvalue weighted by molar-refractivity contribution is 6.01. The summed E-state index contributed by atoms with van der Waals surface area (Å²) >= 11 is 0. The van der Waals surface area contributed by atoms with Crippen molar-refractivity contribution in [2.24, 2.45) is 0 Å². The molecule has 6 rings (SSSR count). The molecular formula is C32H30N2O4. The molecule has 6 nitrogen and oxygen atoms in total. The fourth-order valence-electron chi connectivity index (χ4n) is 5.51. The van der Waals surface area contributed by atoms with Crippen molar-refractivity contribution in [1.82, 2.24) is 0 Å². The lowest BCUT2D eigenvalue weighted by atomic mass is 9.78. The molecule has 2 heterocycles. The lowest BCUT2D eigenvalue weighted by Crippen LogP contribution is -2.29. The smallest absolute Gasteiger partial charge is 0.198 e. The van der Waals surface area contributed by atoms with Crippen molar-refractivity contribution in [2.45, 2.75) is 51.7 Å². The number of hydrogen-bond donors (Lipinski definition) is 2. The van der Waals surface area contributed by atoms with Crippen LogP contribution in [0.4, 0.5) is 11.4 Å². The summed E-state index contributed by atoms with van der Waals surface area (Å²) in [6.07, 6.45) is 2.61. The number of hydrogen-bond acceptors (Lipinski definition) is 6. The molecule has 6 heteroatoms. The summed E-state index contributed by atoms with van der Waals surface area (Å²) in [4.78, 5) is 27.6. The minimum absolute atomic E-state index is 0.0142. The molecule has 38 heavy (non-hydrogen) atoms. The highest BCUT2D eigenvalue weighted by atomic mass is 16.5. The van der Waals surface area contributed by atoms with E-state index in [9.17, 15) is 9.59 Å². The number of ether oxygens (including phenoxy) is 1. The summed E-state index contributed by atoms with van der Waals surface area (Å²) in [5.41, 5.74) is 6.02. The van der Waals surface area contributed by atoms with Gasteiger partial charge in [0.1, 0.15) is 17.6 Å². The molecule has 2 unspecified atom stereocenters. The van der Waals surface area contributed by atoms with Crippen LogP contribution in [0.5, 0.6) is 5.75 Å². The quantitative estimate of drug-likeness (QED) is 0.314. The number of carbonyl (C=O) groups excluding carboxylic acids is 1. The van der Waals surface area contributed by atoms with E-state index in [1.54, 1.807) is 0 Å². The van der Waals surface area contributed by atoms with E-state index in [0.717, 1.165) is 33.9 Å². The van der Waals surface area contributed by atoms with Crippen molar-refractivity contribution in [2.75, 3.05) is 10.6 Å². The first-order valence-corrected chi connectivity index (χ1v) is 13.0. The number of carbonyl (C=O) groups is 1. The number of para-hydroxylation sites is 2. The Morgan fingerprint density at radius 3 is 2.47 bits per heavy atom. The second-order valence-electron chi connectivity index (χ2n) is 10.4. The Kier molecular flexibility index (Phi) is 6.03. The summed E-state index contributed by atoms with van der Waals surface area (Å²) < 4.78 is 11.7. The maximum absolute atomic E-state index is 13.8. The Hall–Kier alpha value is -4.32. The molecule has 0 spiro atoms. The minimum atomic E-state index is -0.627. The first kappa shape index (κ1) is 24.0. The van der Waals surface area contributed by atoms with Gasteiger partial charge in [0, 0.05) is 17.7 Å². The molecule has 2 N–H and O–H groups in total. The van der Waals surface area contributed by atoms with Gasteiger partial charge >= 0.3 is 0 Å². The zero-order chi connectivity index (χ0) is 26.4. The van der Waals surface area contributed by atoms with Crippen molar-refractivity contribution in [3.05, 3.63) is 111 Å². The fraction of sp³-hybridized carbons (Fsp3) is 0.250. The van der Waals surface area contributed by atoms with Crippen LogP contribution in [-0.4, -0.2) is 11.9 Å². The molecule has 0 bridgehead atoms. The van der Waals surface area contributed by atoms with E-state index >= 15 is 0 Å². The molecule has 2 aliphatic rings. The Balaban J connectivity index is 1.44. The lowest BCUT2D eigenvalue weighted by Gasteiger charge is -2.29. The molecule has 2 atom stereocenters. The van der Waals surface area contributed by atoms with Crippen molar-refractivity contribution in [1.29, 1.82) is 0 Å². The predicted octanol–water partition coefficient (Wildman–Crippen LogP) is 6.87. The Labute approximate surface area is 221 Å². The summed E-state index contributed by atoms with van der Waals surface area (Å²) in [7, 11) is 0. The number of fused-ring (bicyclic) bond motifs is 2. The number of Topliss-reactive ketones (excluding diaryl/α,β-unsaturated/α-hetero) is 1. The Bertz CT molecular complexity index is 1630. The van der Waals surface area contributed by atoms with Crippen LogP contribution < -0.4 is 20.8 Å². The number of rotatable bonds is 4. The number of aryl methyl sites for hydroxylation is 1. The van der Waals surface area contributed by atoms with Gasteiger partial charge in [0.05, 0.1) is 34.5 Å². The fourth-order valence-corrected chi connectivity index (χ4v) is 5.51. The van der Waals surface area contributed by atoms with Gasteiger partial charge in [0.25, 0.3) is 0 Å². The third kappa shape index (κ3) is 4.36. The van der Waals surface area contributed by atoms with Crippen molar-refractivity contribution in [3.8, 4) is 5.75 Å². The first-order valence-electron chi connectivity index (χ1n) is 13.0. The van der Waals surface area contributed by atoms with Gasteiger partial charge in [0.2, 0.25) is 0 Å². The second-order valence-corrected chi connectivity index (χ2v) is 10.4. The summed E-state index contributed by atoms with van der Waals surface area (Å²) in [6, 6.07) is 20.8. The van der Waals surface area contributed by atoms with Crippen LogP contribution in [-0.2, 0) is 4.79 Å². The number of ketones is 1. The van der Waals surface area contributed by atoms with Crippen molar-refractivity contribution < 1.29 is 13.9 Å². The third-order valence-corrected chi connectivity index (χ3v) is 7.30. The van der Waals surface area contributed by atoms with Gasteiger partial charge in [-0.3, -0.25) is 9.59 Å². The van der Waals surface area contributed by atoms with Gasteiger partial charge in [-0.1, -0.05) is 35.9 Å². The topological polar surface area (TPSA) is 80.6 Å². The van der Waals surface area contributed by atoms with E-state index in [2.05, 4.69) is 10.6 Å². The number of nitrogens with one attached hydrogen (secondary N) is 2. The van der Waals surface area contributed by atoms with E-state index in [4.69, 9.17) is 9.15 Å². The monoisotopic (exact) mass is 506 g/mol. The molecule has 1 aliphatic carbocycles. The summed E-state index contributed by atoms with van der Waals surface area (Å²) in [5, 5.41) is 7.54. The Morgan fingerprint density at radius 1 is 0.947 bits per heavy atom. The molecule has 0 saturated heterocycles. The molecule has 192 valence electrons. The third-order valence-electron chi connectivity index (χ3n) is 7.30. The van der Waals surface area contributed by atoms with Crippen LogP contribution in [0.15, 0.2) is 93.5 Å². The van der Waals surface area contributed by atoms with E-state index in [-0.39, 0.29) is 23.2 Å². The maximum Gasteiger partial charge on any atom is 0.198 e. The minimum Gasteiger partial charge on any atom is -0.491 e. The summed E-state index contributed by atoms with van der Waals surface area (Å²) in [6.45, 7) is 5.95. The SMILES string of the molecule is Cc1ccc2occ(C3Nc4ccccc4NC4=C3C(=O)CC(c3ccc(OC(C)C)cc3)C4)c(=O)c2c1. The van der Waals surface area contributed by atoms with E-state index in [0.29, 0.717) is 34.9 Å². The van der Waals surface area contributed by atoms with Crippen LogP contribution >= 0.6 is 0 Å². The standard InChI is InChI=1S/C32H30N2O4/c1-18(2)38-22-11-9-20(10-12-22)21-15-27-30(28(35)16-21)31(34-26-7-5-4-6-25(26)33-27)24-17-37-29-13-8-19(3)14-23(29)32(24)36/h4-14,17-18,21,31,33-34H,15-16H2,1-3H3. The van der Waals surface area contributed by atoms with E-state index in [1.165, 1.54) is 6.26 Å². The van der Waals surface area contributed by atoms with Gasteiger partial charge < -0.3 is 19.8 Å². The van der Waals surface area contributed by atoms with Crippen LogP contribution in [0, 0.1) is 6.92 Å². The number of anilines is 2. The second kappa shape index (κ2) is 9.53. The van der Waals surface area contributed by atoms with Crippen molar-refractivity contribution >= 4 is 28.1 Å². The zero-order valence-corrected chi connectivity index (χ0v) is 21.7. The zero-order valence-electron chi connectivity index (χ0n) is 21.7. The molecule has 0 fully saturated rings. The van der Waals surface area contributed by atoms with Crippen LogP contribution in [0.1, 0.15) is 55.3 Å². The van der Waals surface area contributed by atoms with E-state index in [1.807, 2.05) is 87.5 Å². The predicted molar refractivity (Wildman–Crippen MR) is 150 cm³/mol. The van der Waals surface area contributed by atoms with Crippen LogP contribution in [0.25, 0.3) is 11.0 Å². The molecule has 3 aromatic carbocycles. The molecule has 0 radical (unpaired) electrons. The molecule has 1 aromatic heterocycles. The van der Waals surface area contributed by atoms with Crippen molar-refractivity contribution in [3.63, 3.8) is 0 Å². The molecule has 0 amide bonds. The molecule has 0 saturated carbocycles. The average molecular weight is 507 g/mol. The molecule has 4 aromatic rings. The molecule has 1 aliphatic heterocycles. The Morgan fingerprint density at radius 2 is 1.71 bits per heavy atom. The molecular weight excluding hydrogens is 476 g/mol. The maximum atomic E-state index is 13.8. The van der Waals surface area contributed by atoms with Gasteiger partial charge in [-0.25, -0.2) is 0 Å². The van der Waals surface area contributed by atoms with Gasteiger partial charge in [-0.15, -0.1) is 0 Å². The highest BCUT2D eigenvalue weighted by Gasteiger charge is 2.37. The average Bonchev–Trinajstić information content (AvgIpc) is 3.06. The lowest BCUT2D eigenvalue weighted by molar-refractivity contribution is -0.116. The number of benzene rings is 3. The van der Waals surface area contributed by atoms with Crippen LogP contribution in [0.3, 0.4) is 0 Å². The van der Waals surface area contributed by atoms with Crippen LogP contribution in [0.2, 0.25) is 0 Å². The normalized spacial score (nSPS) is 18.9.